The van der Waals surface area contributed by atoms with E-state index >= 15 is 0 Å². The maximum atomic E-state index is 12.9. The summed E-state index contributed by atoms with van der Waals surface area (Å²) in [6.07, 6.45) is 3.82. The molecule has 0 atom stereocenters. The van der Waals surface area contributed by atoms with Crippen LogP contribution in [-0.4, -0.2) is 20.7 Å². The Kier molecular flexibility index (Phi) is 5.25. The molecule has 5 nitrogen and oxygen atoms in total. The topological polar surface area (TPSA) is 59.8 Å². The molecule has 1 aliphatic carbocycles. The molecule has 1 N–H and O–H groups in total. The Balaban J connectivity index is 1.56. The molecule has 0 bridgehead atoms. The van der Waals surface area contributed by atoms with E-state index in [0.717, 1.165) is 40.5 Å². The maximum absolute atomic E-state index is 12.9. The summed E-state index contributed by atoms with van der Waals surface area (Å²) in [6.45, 7) is 6.64. The van der Waals surface area contributed by atoms with Crippen LogP contribution in [0.25, 0.3) is 5.69 Å². The molecule has 146 valence electrons. The zero-order valence-corrected chi connectivity index (χ0v) is 17.8. The number of aryl methyl sites for hydroxylation is 1. The summed E-state index contributed by atoms with van der Waals surface area (Å²) < 4.78 is 1.86. The monoisotopic (exact) mass is 414 g/mol. The second-order valence-electron chi connectivity index (χ2n) is 7.58. The first-order valence-corrected chi connectivity index (χ1v) is 10.8. The summed E-state index contributed by atoms with van der Waals surface area (Å²) in [4.78, 5) is 17.4. The first-order chi connectivity index (χ1) is 13.4. The van der Waals surface area contributed by atoms with Gasteiger partial charge in [0.2, 0.25) is 0 Å². The number of hydrogen-bond acceptors (Lipinski definition) is 4. The van der Waals surface area contributed by atoms with Gasteiger partial charge in [-0.3, -0.25) is 4.79 Å². The van der Waals surface area contributed by atoms with E-state index in [2.05, 4.69) is 29.2 Å². The van der Waals surface area contributed by atoms with Crippen LogP contribution >= 0.6 is 22.9 Å². The Morgan fingerprint density at radius 3 is 2.82 bits per heavy atom. The number of amides is 1. The molecule has 2 heterocycles. The van der Waals surface area contributed by atoms with Crippen LogP contribution in [0.1, 0.15) is 70.8 Å². The van der Waals surface area contributed by atoms with Gasteiger partial charge in [-0.05, 0) is 37.5 Å². The van der Waals surface area contributed by atoms with Crippen molar-refractivity contribution in [3.05, 3.63) is 62.3 Å². The van der Waals surface area contributed by atoms with Gasteiger partial charge in [-0.15, -0.1) is 11.3 Å². The van der Waals surface area contributed by atoms with E-state index in [9.17, 15) is 4.79 Å². The van der Waals surface area contributed by atoms with Gasteiger partial charge in [0.1, 0.15) is 0 Å². The number of thiazole rings is 1. The highest BCUT2D eigenvalue weighted by molar-refractivity contribution is 7.09. The van der Waals surface area contributed by atoms with Gasteiger partial charge in [0.25, 0.3) is 5.91 Å². The van der Waals surface area contributed by atoms with Crippen molar-refractivity contribution in [2.24, 2.45) is 0 Å². The molecule has 28 heavy (non-hydrogen) atoms. The lowest BCUT2D eigenvalue weighted by atomic mass is 10.1. The quantitative estimate of drug-likeness (QED) is 0.601. The Labute approximate surface area is 173 Å². The van der Waals surface area contributed by atoms with Crippen molar-refractivity contribution in [1.82, 2.24) is 20.1 Å². The summed E-state index contributed by atoms with van der Waals surface area (Å²) in [6, 6.07) is 5.87. The Bertz CT molecular complexity index is 1020. The molecule has 3 aromatic rings. The average Bonchev–Trinajstić information content (AvgIpc) is 3.22. The van der Waals surface area contributed by atoms with Gasteiger partial charge < -0.3 is 5.32 Å². The molecule has 1 aliphatic rings. The Morgan fingerprint density at radius 2 is 2.18 bits per heavy atom. The second-order valence-corrected chi connectivity index (χ2v) is 8.87. The molecule has 0 radical (unpaired) electrons. The molecule has 7 heteroatoms. The average molecular weight is 415 g/mol. The lowest BCUT2D eigenvalue weighted by Crippen LogP contribution is -2.24. The minimum absolute atomic E-state index is 0.106. The third-order valence-corrected chi connectivity index (χ3v) is 6.51. The second kappa shape index (κ2) is 7.68. The van der Waals surface area contributed by atoms with Crippen LogP contribution in [0.3, 0.4) is 0 Å². The van der Waals surface area contributed by atoms with Crippen LogP contribution in [0.2, 0.25) is 5.02 Å². The van der Waals surface area contributed by atoms with Crippen molar-refractivity contribution >= 4 is 28.8 Å². The Hall–Kier alpha value is -2.18. The van der Waals surface area contributed by atoms with Crippen LogP contribution in [0, 0.1) is 6.92 Å². The number of rotatable bonds is 6. The molecule has 2 aromatic heterocycles. The van der Waals surface area contributed by atoms with E-state index in [-0.39, 0.29) is 5.91 Å². The minimum Gasteiger partial charge on any atom is -0.346 e. The van der Waals surface area contributed by atoms with Crippen LogP contribution < -0.4 is 5.32 Å². The van der Waals surface area contributed by atoms with Gasteiger partial charge in [0.05, 0.1) is 40.4 Å². The zero-order chi connectivity index (χ0) is 19.8. The molecule has 1 aromatic carbocycles. The lowest BCUT2D eigenvalue weighted by Gasteiger charge is -2.10. The SMILES string of the molecule is Cc1ccc(-n2ncc(C(=O)NCc3csc(C(C)C)n3)c2C2CC2)cc1Cl. The van der Waals surface area contributed by atoms with Crippen molar-refractivity contribution in [3.8, 4) is 5.69 Å². The first-order valence-electron chi connectivity index (χ1n) is 9.51. The number of hydrogen-bond donors (Lipinski definition) is 1. The molecule has 1 saturated carbocycles. The third kappa shape index (κ3) is 3.84. The van der Waals surface area contributed by atoms with Crippen molar-refractivity contribution in [1.29, 1.82) is 0 Å². The fraction of sp³-hybridized carbons (Fsp3) is 0.381. The molecule has 0 unspecified atom stereocenters. The smallest absolute Gasteiger partial charge is 0.255 e. The van der Waals surface area contributed by atoms with Crippen molar-refractivity contribution in [2.75, 3.05) is 0 Å². The predicted molar refractivity (Wildman–Crippen MR) is 113 cm³/mol. The van der Waals surface area contributed by atoms with Crippen LogP contribution in [0.4, 0.5) is 0 Å². The van der Waals surface area contributed by atoms with Crippen molar-refractivity contribution < 1.29 is 4.79 Å². The lowest BCUT2D eigenvalue weighted by molar-refractivity contribution is 0.0949. The number of aromatic nitrogens is 3. The van der Waals surface area contributed by atoms with E-state index < -0.39 is 0 Å². The third-order valence-electron chi connectivity index (χ3n) is 4.91. The highest BCUT2D eigenvalue weighted by atomic mass is 35.5. The molecule has 1 amide bonds. The maximum Gasteiger partial charge on any atom is 0.255 e. The van der Waals surface area contributed by atoms with Gasteiger partial charge >= 0.3 is 0 Å². The number of carbonyl (C=O) groups is 1. The van der Waals surface area contributed by atoms with Gasteiger partial charge in [-0.25, -0.2) is 9.67 Å². The molecule has 0 saturated heterocycles. The largest absolute Gasteiger partial charge is 0.346 e. The number of carbonyl (C=O) groups excluding carboxylic acids is 1. The summed E-state index contributed by atoms with van der Waals surface area (Å²) >= 11 is 7.93. The number of halogens is 1. The van der Waals surface area contributed by atoms with Crippen LogP contribution in [0.5, 0.6) is 0 Å². The van der Waals surface area contributed by atoms with Crippen LogP contribution in [-0.2, 0) is 6.54 Å². The summed E-state index contributed by atoms with van der Waals surface area (Å²) in [5, 5.41) is 11.3. The molecular formula is C21H23ClN4OS. The summed E-state index contributed by atoms with van der Waals surface area (Å²) in [7, 11) is 0. The van der Waals surface area contributed by atoms with E-state index in [4.69, 9.17) is 11.6 Å². The number of benzene rings is 1. The fourth-order valence-corrected chi connectivity index (χ4v) is 4.15. The van der Waals surface area contributed by atoms with Gasteiger partial charge in [-0.1, -0.05) is 31.5 Å². The van der Waals surface area contributed by atoms with E-state index in [1.165, 1.54) is 0 Å². The highest BCUT2D eigenvalue weighted by Crippen LogP contribution is 2.42. The molecule has 4 rings (SSSR count). The summed E-state index contributed by atoms with van der Waals surface area (Å²) in [5.41, 5.74) is 4.41. The fourth-order valence-electron chi connectivity index (χ4n) is 3.14. The van der Waals surface area contributed by atoms with Gasteiger partial charge in [-0.2, -0.15) is 5.10 Å². The molecule has 0 spiro atoms. The predicted octanol–water partition coefficient (Wildman–Crippen LogP) is 5.22. The number of nitrogens with one attached hydrogen (secondary N) is 1. The van der Waals surface area contributed by atoms with E-state index in [1.807, 2.05) is 35.2 Å². The zero-order valence-electron chi connectivity index (χ0n) is 16.2. The Morgan fingerprint density at radius 1 is 1.39 bits per heavy atom. The van der Waals surface area contributed by atoms with Crippen LogP contribution in [0.15, 0.2) is 29.8 Å². The molecular weight excluding hydrogens is 392 g/mol. The van der Waals surface area contributed by atoms with Crippen molar-refractivity contribution in [3.63, 3.8) is 0 Å². The van der Waals surface area contributed by atoms with Gasteiger partial charge in [0, 0.05) is 22.2 Å². The van der Waals surface area contributed by atoms with E-state index in [0.29, 0.717) is 29.0 Å². The normalized spacial score (nSPS) is 13.9. The first kappa shape index (κ1) is 19.2. The molecule has 1 fully saturated rings. The minimum atomic E-state index is -0.106. The highest BCUT2D eigenvalue weighted by Gasteiger charge is 2.33. The molecule has 0 aliphatic heterocycles. The summed E-state index contributed by atoms with van der Waals surface area (Å²) in [5.74, 6) is 0.663. The number of nitrogens with zero attached hydrogens (tertiary/aromatic N) is 3. The standard InChI is InChI=1S/C21H23ClN4OS/c1-12(2)21-25-15(11-28-21)9-23-20(27)17-10-24-26(19(17)14-5-6-14)16-7-4-13(3)18(22)8-16/h4,7-8,10-12,14H,5-6,9H2,1-3H3,(H,23,27). The van der Waals surface area contributed by atoms with Crippen molar-refractivity contribution in [2.45, 2.75) is 52.0 Å². The van der Waals surface area contributed by atoms with E-state index in [1.54, 1.807) is 17.5 Å². The van der Waals surface area contributed by atoms with Gasteiger partial charge in [0.15, 0.2) is 0 Å².